The van der Waals surface area contributed by atoms with E-state index < -0.39 is 5.91 Å². The van der Waals surface area contributed by atoms with Crippen LogP contribution >= 0.6 is 12.2 Å². The molecule has 0 bridgehead atoms. The molecule has 1 rings (SSSR count). The Bertz CT molecular complexity index is 379. The highest BCUT2D eigenvalue weighted by Gasteiger charge is 1.97. The van der Waals surface area contributed by atoms with E-state index in [-0.39, 0.29) is 0 Å². The lowest BCUT2D eigenvalue weighted by Crippen LogP contribution is -2.42. The molecule has 3 N–H and O–H groups in total. The van der Waals surface area contributed by atoms with Crippen LogP contribution in [0.4, 0.5) is 5.69 Å². The Morgan fingerprint density at radius 2 is 2.13 bits per heavy atom. The molecule has 0 aliphatic carbocycles. The van der Waals surface area contributed by atoms with Crippen molar-refractivity contribution in [3.05, 3.63) is 36.8 Å². The fraction of sp³-hybridized carbons (Fsp3) is 0.100. The molecule has 1 aromatic carbocycles. The van der Waals surface area contributed by atoms with Gasteiger partial charge in [0.2, 0.25) is 5.91 Å². The minimum Gasteiger partial charge on any atom is -0.331 e. The number of thiocarbonyl (C=S) groups is 1. The molecule has 0 aromatic heterocycles. The number of hydrogen-bond donors (Lipinski definition) is 3. The molecule has 4 nitrogen and oxygen atoms in total. The zero-order chi connectivity index (χ0) is 11.3. The summed E-state index contributed by atoms with van der Waals surface area (Å²) >= 11 is 4.93. The summed E-state index contributed by atoms with van der Waals surface area (Å²) in [4.78, 5) is 10.5. The summed E-state index contributed by atoms with van der Waals surface area (Å²) in [6.07, 6.45) is 0. The van der Waals surface area contributed by atoms with Crippen LogP contribution in [0.25, 0.3) is 0 Å². The Hall–Kier alpha value is -1.62. The zero-order valence-electron chi connectivity index (χ0n) is 8.33. The number of hydrogen-bond acceptors (Lipinski definition) is 2. The van der Waals surface area contributed by atoms with Crippen LogP contribution < -0.4 is 16.2 Å². The molecule has 1 aromatic rings. The number of carbonyl (C=O) groups excluding carboxylic acids is 1. The van der Waals surface area contributed by atoms with Crippen LogP contribution in [0.3, 0.4) is 0 Å². The van der Waals surface area contributed by atoms with Gasteiger partial charge in [-0.25, -0.2) is 0 Å². The van der Waals surface area contributed by atoms with E-state index in [0.29, 0.717) is 5.11 Å². The Balaban J connectivity index is 2.48. The maximum absolute atomic E-state index is 10.5. The third kappa shape index (κ3) is 4.42. The lowest BCUT2D eigenvalue weighted by Gasteiger charge is -2.10. The Morgan fingerprint density at radius 1 is 1.40 bits per heavy atom. The highest BCUT2D eigenvalue weighted by molar-refractivity contribution is 7.80. The molecule has 15 heavy (non-hydrogen) atoms. The number of anilines is 1. The molecule has 0 heterocycles. The summed E-state index contributed by atoms with van der Waals surface area (Å²) in [6, 6.07) is 7.73. The quantitative estimate of drug-likeness (QED) is 0.493. The largest absolute Gasteiger partial charge is 0.331 e. The van der Waals surface area contributed by atoms with Crippen LogP contribution in [0, 0.1) is 13.8 Å². The molecule has 0 saturated heterocycles. The van der Waals surface area contributed by atoms with Crippen LogP contribution in [-0.2, 0) is 4.79 Å². The number of benzene rings is 1. The van der Waals surface area contributed by atoms with Gasteiger partial charge >= 0.3 is 0 Å². The molecule has 0 fully saturated rings. The molecule has 0 spiro atoms. The summed E-state index contributed by atoms with van der Waals surface area (Å²) in [6.45, 7) is 5.12. The second kappa shape index (κ2) is 5.31. The van der Waals surface area contributed by atoms with Crippen molar-refractivity contribution < 1.29 is 4.79 Å². The van der Waals surface area contributed by atoms with Gasteiger partial charge in [-0.15, -0.1) is 0 Å². The highest BCUT2D eigenvalue weighted by atomic mass is 32.1. The van der Waals surface area contributed by atoms with Crippen molar-refractivity contribution in [1.29, 1.82) is 0 Å². The fourth-order valence-electron chi connectivity index (χ4n) is 1.01. The number of rotatable bonds is 1. The molecular formula is C10H12N3OS. The molecule has 1 amide bonds. The van der Waals surface area contributed by atoms with Crippen molar-refractivity contribution in [3.63, 3.8) is 0 Å². The van der Waals surface area contributed by atoms with Gasteiger partial charge < -0.3 is 5.32 Å². The van der Waals surface area contributed by atoms with Crippen LogP contribution in [0.15, 0.2) is 24.3 Å². The molecule has 0 aliphatic rings. The number of nitrogens with one attached hydrogen (secondary N) is 3. The van der Waals surface area contributed by atoms with Crippen LogP contribution in [0.1, 0.15) is 5.56 Å². The average molecular weight is 222 g/mol. The number of amides is 1. The first-order valence-electron chi connectivity index (χ1n) is 4.33. The van der Waals surface area contributed by atoms with Crippen molar-refractivity contribution in [3.8, 4) is 0 Å². The van der Waals surface area contributed by atoms with Crippen molar-refractivity contribution in [2.75, 3.05) is 5.32 Å². The van der Waals surface area contributed by atoms with Gasteiger partial charge in [-0.05, 0) is 36.8 Å². The topological polar surface area (TPSA) is 53.2 Å². The van der Waals surface area contributed by atoms with Gasteiger partial charge in [0.05, 0.1) is 0 Å². The molecule has 5 heteroatoms. The van der Waals surface area contributed by atoms with E-state index >= 15 is 0 Å². The van der Waals surface area contributed by atoms with Crippen molar-refractivity contribution in [1.82, 2.24) is 10.9 Å². The van der Waals surface area contributed by atoms with E-state index in [1.165, 1.54) is 0 Å². The average Bonchev–Trinajstić information content (AvgIpc) is 2.15. The van der Waals surface area contributed by atoms with E-state index in [1.54, 1.807) is 0 Å². The number of hydrazine groups is 1. The summed E-state index contributed by atoms with van der Waals surface area (Å²) in [5, 5.41) is 3.23. The molecule has 0 unspecified atom stereocenters. The van der Waals surface area contributed by atoms with Crippen LogP contribution in [0.2, 0.25) is 0 Å². The Kier molecular flexibility index (Phi) is 4.05. The van der Waals surface area contributed by atoms with E-state index in [0.717, 1.165) is 11.3 Å². The molecule has 0 atom stereocenters. The molecular weight excluding hydrogens is 210 g/mol. The van der Waals surface area contributed by atoms with E-state index in [9.17, 15) is 4.79 Å². The standard InChI is InChI=1S/C10H12N3OS/c1-7-4-3-5-9(6-7)11-10(15)13-12-8(2)14/h3-6H,2H2,1H3,(H,12,14)(H2,11,13,15). The van der Waals surface area contributed by atoms with Gasteiger partial charge in [-0.1, -0.05) is 12.1 Å². The Morgan fingerprint density at radius 3 is 2.73 bits per heavy atom. The minimum atomic E-state index is -0.441. The summed E-state index contributed by atoms with van der Waals surface area (Å²) < 4.78 is 0. The normalized spacial score (nSPS) is 9.20. The molecule has 79 valence electrons. The third-order valence-corrected chi connectivity index (χ3v) is 1.80. The zero-order valence-corrected chi connectivity index (χ0v) is 9.15. The minimum absolute atomic E-state index is 0.317. The van der Waals surface area contributed by atoms with Crippen molar-refractivity contribution in [2.24, 2.45) is 0 Å². The molecule has 1 radical (unpaired) electrons. The summed E-state index contributed by atoms with van der Waals surface area (Å²) in [5.41, 5.74) is 6.78. The second-order valence-corrected chi connectivity index (χ2v) is 3.41. The number of carbonyl (C=O) groups is 1. The molecule has 0 saturated carbocycles. The maximum atomic E-state index is 10.5. The maximum Gasteiger partial charge on any atom is 0.238 e. The van der Waals surface area contributed by atoms with Crippen LogP contribution in [-0.4, -0.2) is 11.0 Å². The smallest absolute Gasteiger partial charge is 0.238 e. The second-order valence-electron chi connectivity index (χ2n) is 3.00. The highest BCUT2D eigenvalue weighted by Crippen LogP contribution is 2.08. The first-order valence-corrected chi connectivity index (χ1v) is 4.74. The first kappa shape index (κ1) is 11.5. The van der Waals surface area contributed by atoms with E-state index in [1.807, 2.05) is 31.2 Å². The van der Waals surface area contributed by atoms with Gasteiger partial charge in [-0.3, -0.25) is 15.6 Å². The van der Waals surface area contributed by atoms with Gasteiger partial charge in [0, 0.05) is 12.6 Å². The monoisotopic (exact) mass is 222 g/mol. The van der Waals surface area contributed by atoms with Crippen molar-refractivity contribution in [2.45, 2.75) is 6.92 Å². The van der Waals surface area contributed by atoms with Gasteiger partial charge in [-0.2, -0.15) is 0 Å². The fourth-order valence-corrected chi connectivity index (χ4v) is 1.18. The van der Waals surface area contributed by atoms with E-state index in [2.05, 4.69) is 23.1 Å². The first-order chi connectivity index (χ1) is 7.08. The Labute approximate surface area is 94.0 Å². The van der Waals surface area contributed by atoms with Gasteiger partial charge in [0.15, 0.2) is 5.11 Å². The number of aryl methyl sites for hydroxylation is 1. The third-order valence-electron chi connectivity index (χ3n) is 1.59. The predicted molar refractivity (Wildman–Crippen MR) is 64.0 cm³/mol. The summed E-state index contributed by atoms with van der Waals surface area (Å²) in [7, 11) is 0. The van der Waals surface area contributed by atoms with Gasteiger partial charge in [0.1, 0.15) is 0 Å². The van der Waals surface area contributed by atoms with E-state index in [4.69, 9.17) is 12.2 Å². The predicted octanol–water partition coefficient (Wildman–Crippen LogP) is 1.15. The molecule has 0 aliphatic heterocycles. The lowest BCUT2D eigenvalue weighted by atomic mass is 10.2. The SMILES string of the molecule is [CH2]C(=O)NNC(=S)Nc1cccc(C)c1. The van der Waals surface area contributed by atoms with Crippen LogP contribution in [0.5, 0.6) is 0 Å². The van der Waals surface area contributed by atoms with Crippen molar-refractivity contribution >= 4 is 28.9 Å². The lowest BCUT2D eigenvalue weighted by molar-refractivity contribution is -0.117. The summed E-state index contributed by atoms with van der Waals surface area (Å²) in [5.74, 6) is -0.441. The van der Waals surface area contributed by atoms with Gasteiger partial charge in [0.25, 0.3) is 0 Å².